The van der Waals surface area contributed by atoms with Crippen molar-refractivity contribution in [2.75, 3.05) is 0 Å². The summed E-state index contributed by atoms with van der Waals surface area (Å²) in [7, 11) is 0. The van der Waals surface area contributed by atoms with Gasteiger partial charge in [0, 0.05) is 5.02 Å². The fourth-order valence-corrected chi connectivity index (χ4v) is 2.49. The highest BCUT2D eigenvalue weighted by atomic mass is 35.5. The lowest BCUT2D eigenvalue weighted by molar-refractivity contribution is -0.127. The summed E-state index contributed by atoms with van der Waals surface area (Å²) in [5, 5.41) is 4.62. The molecule has 2 rings (SSSR count). The Morgan fingerprint density at radius 1 is 1.22 bits per heavy atom. The third-order valence-corrected chi connectivity index (χ3v) is 3.72. The molecule has 0 aliphatic heterocycles. The summed E-state index contributed by atoms with van der Waals surface area (Å²) in [6.45, 7) is 9.49. The molecular weight excluding hydrogens is 364 g/mol. The molecular formula is C21H25ClN2O3. The second-order valence-corrected chi connectivity index (χ2v) is 7.63. The van der Waals surface area contributed by atoms with Gasteiger partial charge in [-0.1, -0.05) is 23.7 Å². The lowest BCUT2D eigenvalue weighted by Crippen LogP contribution is -2.33. The monoisotopic (exact) mass is 388 g/mol. The van der Waals surface area contributed by atoms with E-state index in [1.165, 1.54) is 0 Å². The molecule has 0 aliphatic carbocycles. The third kappa shape index (κ3) is 6.94. The van der Waals surface area contributed by atoms with E-state index in [0.717, 1.165) is 16.9 Å². The van der Waals surface area contributed by atoms with Crippen molar-refractivity contribution >= 4 is 23.7 Å². The molecule has 0 aromatic heterocycles. The first kappa shape index (κ1) is 20.8. The van der Waals surface area contributed by atoms with Gasteiger partial charge in [0.25, 0.3) is 5.91 Å². The minimum atomic E-state index is -0.697. The van der Waals surface area contributed by atoms with Crippen LogP contribution < -0.4 is 14.9 Å². The van der Waals surface area contributed by atoms with E-state index in [1.54, 1.807) is 31.3 Å². The van der Waals surface area contributed by atoms with Crippen molar-refractivity contribution in [2.45, 2.75) is 46.3 Å². The molecule has 0 heterocycles. The van der Waals surface area contributed by atoms with Gasteiger partial charge in [0.05, 0.1) is 6.21 Å². The molecule has 0 fully saturated rings. The molecule has 0 aliphatic rings. The summed E-state index contributed by atoms with van der Waals surface area (Å²) in [4.78, 5) is 12.2. The van der Waals surface area contributed by atoms with E-state index in [9.17, 15) is 4.79 Å². The first-order valence-electron chi connectivity index (χ1n) is 8.69. The van der Waals surface area contributed by atoms with Gasteiger partial charge in [-0.15, -0.1) is 0 Å². The third-order valence-electron chi connectivity index (χ3n) is 3.48. The number of hydrogen-bond acceptors (Lipinski definition) is 4. The van der Waals surface area contributed by atoms with Crippen molar-refractivity contribution in [1.29, 1.82) is 0 Å². The van der Waals surface area contributed by atoms with E-state index in [2.05, 4.69) is 10.5 Å². The fourth-order valence-electron chi connectivity index (χ4n) is 2.26. The lowest BCUT2D eigenvalue weighted by atomic mass is 10.2. The van der Waals surface area contributed by atoms with Crippen LogP contribution in [-0.2, 0) is 4.79 Å². The Balaban J connectivity index is 1.93. The summed E-state index contributed by atoms with van der Waals surface area (Å²) in [6, 6.07) is 12.7. The minimum absolute atomic E-state index is 0.281. The van der Waals surface area contributed by atoms with Crippen LogP contribution in [0.5, 0.6) is 11.5 Å². The minimum Gasteiger partial charge on any atom is -0.488 e. The molecule has 1 N–H and O–H groups in total. The number of hydrogen-bond donors (Lipinski definition) is 1. The summed E-state index contributed by atoms with van der Waals surface area (Å²) in [6.07, 6.45) is 0.866. The van der Waals surface area contributed by atoms with Crippen LogP contribution in [0, 0.1) is 6.92 Å². The van der Waals surface area contributed by atoms with Crippen LogP contribution in [0.2, 0.25) is 5.02 Å². The molecule has 0 saturated carbocycles. The maximum atomic E-state index is 12.2. The van der Waals surface area contributed by atoms with Gasteiger partial charge in [-0.05, 0) is 76.1 Å². The van der Waals surface area contributed by atoms with Gasteiger partial charge < -0.3 is 9.47 Å². The topological polar surface area (TPSA) is 59.9 Å². The molecule has 2 aromatic rings. The zero-order valence-electron chi connectivity index (χ0n) is 16.2. The number of carbonyl (C=O) groups is 1. The zero-order chi connectivity index (χ0) is 20.0. The molecule has 27 heavy (non-hydrogen) atoms. The molecule has 0 saturated heterocycles. The van der Waals surface area contributed by atoms with Crippen molar-refractivity contribution in [1.82, 2.24) is 5.43 Å². The second kappa shape index (κ2) is 8.91. The SMILES string of the molecule is Cc1cc(Cl)ccc1OC(C)C(=O)N/N=C/c1cccc(OC(C)(C)C)c1. The van der Waals surface area contributed by atoms with Crippen molar-refractivity contribution in [3.63, 3.8) is 0 Å². The van der Waals surface area contributed by atoms with Crippen LogP contribution in [0.25, 0.3) is 0 Å². The van der Waals surface area contributed by atoms with Gasteiger partial charge in [0.15, 0.2) is 6.10 Å². The molecule has 0 radical (unpaired) electrons. The van der Waals surface area contributed by atoms with Gasteiger partial charge in [0.1, 0.15) is 17.1 Å². The highest BCUT2D eigenvalue weighted by Crippen LogP contribution is 2.23. The van der Waals surface area contributed by atoms with Crippen molar-refractivity contribution < 1.29 is 14.3 Å². The van der Waals surface area contributed by atoms with Gasteiger partial charge in [-0.25, -0.2) is 5.43 Å². The lowest BCUT2D eigenvalue weighted by Gasteiger charge is -2.21. The molecule has 1 atom stereocenters. The summed E-state index contributed by atoms with van der Waals surface area (Å²) < 4.78 is 11.5. The van der Waals surface area contributed by atoms with E-state index < -0.39 is 6.10 Å². The van der Waals surface area contributed by atoms with E-state index in [0.29, 0.717) is 10.8 Å². The smallest absolute Gasteiger partial charge is 0.280 e. The van der Waals surface area contributed by atoms with Gasteiger partial charge in [0.2, 0.25) is 0 Å². The van der Waals surface area contributed by atoms with E-state index >= 15 is 0 Å². The molecule has 0 spiro atoms. The zero-order valence-corrected chi connectivity index (χ0v) is 17.0. The maximum Gasteiger partial charge on any atom is 0.280 e. The van der Waals surface area contributed by atoms with E-state index in [-0.39, 0.29) is 11.5 Å². The Morgan fingerprint density at radius 3 is 2.63 bits per heavy atom. The summed E-state index contributed by atoms with van der Waals surface area (Å²) >= 11 is 5.93. The van der Waals surface area contributed by atoms with Gasteiger partial charge >= 0.3 is 0 Å². The summed E-state index contributed by atoms with van der Waals surface area (Å²) in [5.74, 6) is 1.01. The number of nitrogens with zero attached hydrogens (tertiary/aromatic N) is 1. The average molecular weight is 389 g/mol. The van der Waals surface area contributed by atoms with Crippen molar-refractivity contribution in [3.05, 3.63) is 58.6 Å². The number of amides is 1. The standard InChI is InChI=1S/C21H25ClN2O3/c1-14-11-17(22)9-10-19(14)26-15(2)20(25)24-23-13-16-7-6-8-18(12-16)27-21(3,4)5/h6-13,15H,1-5H3,(H,24,25)/b23-13+. The molecule has 5 nitrogen and oxygen atoms in total. The quantitative estimate of drug-likeness (QED) is 0.574. The number of ether oxygens (including phenoxy) is 2. The molecule has 1 unspecified atom stereocenters. The normalized spacial score (nSPS) is 12.7. The van der Waals surface area contributed by atoms with E-state index in [1.807, 2.05) is 52.0 Å². The van der Waals surface area contributed by atoms with Gasteiger partial charge in [-0.2, -0.15) is 5.10 Å². The fraction of sp³-hybridized carbons (Fsp3) is 0.333. The summed E-state index contributed by atoms with van der Waals surface area (Å²) in [5.41, 5.74) is 3.89. The Hall–Kier alpha value is -2.53. The van der Waals surface area contributed by atoms with Crippen LogP contribution >= 0.6 is 11.6 Å². The van der Waals surface area contributed by atoms with Crippen molar-refractivity contribution in [3.8, 4) is 11.5 Å². The number of nitrogens with one attached hydrogen (secondary N) is 1. The Morgan fingerprint density at radius 2 is 1.96 bits per heavy atom. The largest absolute Gasteiger partial charge is 0.488 e. The second-order valence-electron chi connectivity index (χ2n) is 7.19. The van der Waals surface area contributed by atoms with Crippen molar-refractivity contribution in [2.24, 2.45) is 5.10 Å². The molecule has 144 valence electrons. The predicted octanol–water partition coefficient (Wildman–Crippen LogP) is 4.74. The highest BCUT2D eigenvalue weighted by Gasteiger charge is 2.15. The number of hydrazone groups is 1. The number of halogens is 1. The van der Waals surface area contributed by atoms with Crippen LogP contribution in [0.3, 0.4) is 0 Å². The number of rotatable bonds is 6. The predicted molar refractivity (Wildman–Crippen MR) is 109 cm³/mol. The Kier molecular flexibility index (Phi) is 6.86. The number of benzene rings is 2. The molecule has 0 bridgehead atoms. The maximum absolute atomic E-state index is 12.2. The Labute approximate surface area is 165 Å². The van der Waals surface area contributed by atoms with Gasteiger partial charge in [-0.3, -0.25) is 4.79 Å². The first-order chi connectivity index (χ1) is 12.6. The number of aryl methyl sites for hydroxylation is 1. The molecule has 6 heteroatoms. The van der Waals surface area contributed by atoms with Crippen LogP contribution in [0.4, 0.5) is 0 Å². The Bertz CT molecular complexity index is 828. The molecule has 1 amide bonds. The van der Waals surface area contributed by atoms with Crippen LogP contribution in [0.1, 0.15) is 38.8 Å². The van der Waals surface area contributed by atoms with E-state index in [4.69, 9.17) is 21.1 Å². The van der Waals surface area contributed by atoms with Crippen LogP contribution in [0.15, 0.2) is 47.6 Å². The first-order valence-corrected chi connectivity index (χ1v) is 9.07. The van der Waals surface area contributed by atoms with Crippen LogP contribution in [-0.4, -0.2) is 23.8 Å². The number of carbonyl (C=O) groups excluding carboxylic acids is 1. The molecule has 2 aromatic carbocycles. The highest BCUT2D eigenvalue weighted by molar-refractivity contribution is 6.30. The average Bonchev–Trinajstić information content (AvgIpc) is 2.56.